The average molecular weight is 261 g/mol. The summed E-state index contributed by atoms with van der Waals surface area (Å²) in [5.41, 5.74) is 7.71. The van der Waals surface area contributed by atoms with Gasteiger partial charge in [0.25, 0.3) is 0 Å². The Kier molecular flexibility index (Phi) is 3.27. The number of hydrogen-bond donors (Lipinski definition) is 1. The van der Waals surface area contributed by atoms with Gasteiger partial charge in [0.15, 0.2) is 0 Å². The van der Waals surface area contributed by atoms with Crippen molar-refractivity contribution in [1.29, 1.82) is 0 Å². The quantitative estimate of drug-likeness (QED) is 0.885. The molecule has 104 valence electrons. The molecule has 19 heavy (non-hydrogen) atoms. The number of rotatable bonds is 5. The first-order valence-corrected chi connectivity index (χ1v) is 7.17. The van der Waals surface area contributed by atoms with Gasteiger partial charge in [-0.1, -0.05) is 25.5 Å². The summed E-state index contributed by atoms with van der Waals surface area (Å²) in [4.78, 5) is 0. The van der Waals surface area contributed by atoms with Crippen molar-refractivity contribution in [3.63, 3.8) is 0 Å². The second-order valence-corrected chi connectivity index (χ2v) is 6.46. The molecule has 2 fully saturated rings. The molecule has 3 rings (SSSR count). The molecule has 0 atom stereocenters. The van der Waals surface area contributed by atoms with Gasteiger partial charge in [0.2, 0.25) is 0 Å². The van der Waals surface area contributed by atoms with Gasteiger partial charge in [0, 0.05) is 17.4 Å². The standard InChI is InChI=1S/C16H23NO2/c1-15(10-18-11-15)12-19-14-5-2-4-13(8-14)16(9-17)6-3-7-16/h2,4-5,8H,3,6-7,9-12,17H2,1H3. The highest BCUT2D eigenvalue weighted by molar-refractivity contribution is 5.36. The molecule has 1 heterocycles. The van der Waals surface area contributed by atoms with Crippen LogP contribution < -0.4 is 10.5 Å². The molecule has 1 aliphatic carbocycles. The van der Waals surface area contributed by atoms with Gasteiger partial charge in [-0.3, -0.25) is 0 Å². The van der Waals surface area contributed by atoms with E-state index in [-0.39, 0.29) is 10.8 Å². The van der Waals surface area contributed by atoms with Crippen LogP contribution in [0, 0.1) is 5.41 Å². The fraction of sp³-hybridized carbons (Fsp3) is 0.625. The summed E-state index contributed by atoms with van der Waals surface area (Å²) in [5, 5.41) is 0. The zero-order valence-corrected chi connectivity index (χ0v) is 11.7. The van der Waals surface area contributed by atoms with Gasteiger partial charge in [-0.25, -0.2) is 0 Å². The van der Waals surface area contributed by atoms with E-state index in [2.05, 4.69) is 25.1 Å². The maximum absolute atomic E-state index is 5.97. The van der Waals surface area contributed by atoms with Crippen LogP contribution in [0.15, 0.2) is 24.3 Å². The molecule has 0 amide bonds. The van der Waals surface area contributed by atoms with E-state index in [1.165, 1.54) is 24.8 Å². The number of hydrogen-bond acceptors (Lipinski definition) is 3. The van der Waals surface area contributed by atoms with Crippen molar-refractivity contribution >= 4 is 0 Å². The van der Waals surface area contributed by atoms with E-state index in [9.17, 15) is 0 Å². The maximum Gasteiger partial charge on any atom is 0.119 e. The molecule has 3 nitrogen and oxygen atoms in total. The molecule has 1 saturated heterocycles. The van der Waals surface area contributed by atoms with Crippen molar-refractivity contribution in [2.45, 2.75) is 31.6 Å². The second kappa shape index (κ2) is 4.80. The Hall–Kier alpha value is -1.06. The Morgan fingerprint density at radius 2 is 2.11 bits per heavy atom. The first-order chi connectivity index (χ1) is 9.16. The molecule has 0 unspecified atom stereocenters. The summed E-state index contributed by atoms with van der Waals surface area (Å²) in [6, 6.07) is 8.48. The Bertz CT molecular complexity index is 444. The van der Waals surface area contributed by atoms with Crippen LogP contribution in [0.1, 0.15) is 31.7 Å². The van der Waals surface area contributed by atoms with Gasteiger partial charge < -0.3 is 15.2 Å². The van der Waals surface area contributed by atoms with Crippen LogP contribution in [0.5, 0.6) is 5.75 Å². The van der Waals surface area contributed by atoms with Crippen LogP contribution in [-0.4, -0.2) is 26.4 Å². The highest BCUT2D eigenvalue weighted by Crippen LogP contribution is 2.43. The number of nitrogens with two attached hydrogens (primary N) is 1. The zero-order chi connectivity index (χ0) is 13.3. The van der Waals surface area contributed by atoms with Crippen molar-refractivity contribution in [1.82, 2.24) is 0 Å². The zero-order valence-electron chi connectivity index (χ0n) is 11.7. The third kappa shape index (κ3) is 2.37. The third-order valence-corrected chi connectivity index (χ3v) is 4.64. The molecule has 2 aliphatic rings. The van der Waals surface area contributed by atoms with Crippen LogP contribution in [0.2, 0.25) is 0 Å². The van der Waals surface area contributed by atoms with Crippen molar-refractivity contribution < 1.29 is 9.47 Å². The predicted molar refractivity (Wildman–Crippen MR) is 75.4 cm³/mol. The van der Waals surface area contributed by atoms with Gasteiger partial charge in [0.1, 0.15) is 5.75 Å². The van der Waals surface area contributed by atoms with Gasteiger partial charge in [-0.15, -0.1) is 0 Å². The van der Waals surface area contributed by atoms with E-state index in [1.807, 2.05) is 6.07 Å². The smallest absolute Gasteiger partial charge is 0.119 e. The number of ether oxygens (including phenoxy) is 2. The molecule has 1 aromatic carbocycles. The van der Waals surface area contributed by atoms with Gasteiger partial charge in [0.05, 0.1) is 19.8 Å². The molecular formula is C16H23NO2. The van der Waals surface area contributed by atoms with Gasteiger partial charge in [-0.05, 0) is 30.5 Å². The largest absolute Gasteiger partial charge is 0.493 e. The summed E-state index contributed by atoms with van der Waals surface area (Å²) in [6.07, 6.45) is 3.70. The van der Waals surface area contributed by atoms with E-state index < -0.39 is 0 Å². The molecule has 0 aromatic heterocycles. The lowest BCUT2D eigenvalue weighted by Crippen LogP contribution is -2.44. The predicted octanol–water partition coefficient (Wildman–Crippen LogP) is 2.48. The third-order valence-electron chi connectivity index (χ3n) is 4.64. The van der Waals surface area contributed by atoms with Crippen molar-refractivity contribution in [2.75, 3.05) is 26.4 Å². The first-order valence-electron chi connectivity index (χ1n) is 7.17. The van der Waals surface area contributed by atoms with Crippen LogP contribution >= 0.6 is 0 Å². The highest BCUT2D eigenvalue weighted by Gasteiger charge is 2.38. The van der Waals surface area contributed by atoms with Crippen molar-refractivity contribution in [2.24, 2.45) is 11.1 Å². The molecule has 0 radical (unpaired) electrons. The van der Waals surface area contributed by atoms with Crippen LogP contribution in [0.3, 0.4) is 0 Å². The maximum atomic E-state index is 5.97. The van der Waals surface area contributed by atoms with Crippen molar-refractivity contribution in [3.8, 4) is 5.75 Å². The van der Waals surface area contributed by atoms with Crippen LogP contribution in [-0.2, 0) is 10.2 Å². The summed E-state index contributed by atoms with van der Waals surface area (Å²) in [5.74, 6) is 0.963. The Morgan fingerprint density at radius 1 is 1.32 bits per heavy atom. The lowest BCUT2D eigenvalue weighted by molar-refractivity contribution is -0.120. The molecule has 0 bridgehead atoms. The molecule has 3 heteroatoms. The summed E-state index contributed by atoms with van der Waals surface area (Å²) in [7, 11) is 0. The Labute approximate surface area is 115 Å². The minimum atomic E-state index is 0.192. The highest BCUT2D eigenvalue weighted by atomic mass is 16.5. The monoisotopic (exact) mass is 261 g/mol. The lowest BCUT2D eigenvalue weighted by atomic mass is 9.64. The molecule has 1 aliphatic heterocycles. The minimum Gasteiger partial charge on any atom is -0.493 e. The number of benzene rings is 1. The first kappa shape index (κ1) is 12.9. The molecule has 1 saturated carbocycles. The molecule has 0 spiro atoms. The SMILES string of the molecule is CC1(COc2cccc(C3(CN)CCC3)c2)COC1. The topological polar surface area (TPSA) is 44.5 Å². The molecule has 1 aromatic rings. The van der Waals surface area contributed by atoms with Gasteiger partial charge in [-0.2, -0.15) is 0 Å². The van der Waals surface area contributed by atoms with E-state index >= 15 is 0 Å². The van der Waals surface area contributed by atoms with Gasteiger partial charge >= 0.3 is 0 Å². The molecule has 2 N–H and O–H groups in total. The minimum absolute atomic E-state index is 0.192. The Balaban J connectivity index is 1.69. The van der Waals surface area contributed by atoms with E-state index in [1.54, 1.807) is 0 Å². The van der Waals surface area contributed by atoms with E-state index in [0.29, 0.717) is 0 Å². The average Bonchev–Trinajstić information content (AvgIpc) is 2.34. The summed E-state index contributed by atoms with van der Waals surface area (Å²) >= 11 is 0. The molecular weight excluding hydrogens is 238 g/mol. The van der Waals surface area contributed by atoms with E-state index in [0.717, 1.165) is 32.1 Å². The summed E-state index contributed by atoms with van der Waals surface area (Å²) < 4.78 is 11.2. The second-order valence-electron chi connectivity index (χ2n) is 6.46. The van der Waals surface area contributed by atoms with Crippen LogP contribution in [0.4, 0.5) is 0 Å². The fourth-order valence-corrected chi connectivity index (χ4v) is 2.92. The fourth-order valence-electron chi connectivity index (χ4n) is 2.92. The summed E-state index contributed by atoms with van der Waals surface area (Å²) in [6.45, 7) is 5.28. The lowest BCUT2D eigenvalue weighted by Gasteiger charge is -2.42. The van der Waals surface area contributed by atoms with Crippen LogP contribution in [0.25, 0.3) is 0 Å². The normalized spacial score (nSPS) is 23.3. The Morgan fingerprint density at radius 3 is 2.63 bits per heavy atom. The van der Waals surface area contributed by atoms with Crippen molar-refractivity contribution in [3.05, 3.63) is 29.8 Å². The van der Waals surface area contributed by atoms with E-state index in [4.69, 9.17) is 15.2 Å².